The lowest BCUT2D eigenvalue weighted by atomic mass is 10.1. The summed E-state index contributed by atoms with van der Waals surface area (Å²) in [4.78, 5) is 16.2. The van der Waals surface area contributed by atoms with Crippen LogP contribution < -0.4 is 5.73 Å². The summed E-state index contributed by atoms with van der Waals surface area (Å²) in [5.41, 5.74) is 5.44. The van der Waals surface area contributed by atoms with E-state index in [1.807, 2.05) is 4.90 Å². The second-order valence-corrected chi connectivity index (χ2v) is 4.95. The SMILES string of the molecule is Cl.Cl.NCC(=O)N1CCCC1CN1CCCCC1. The van der Waals surface area contributed by atoms with Crippen molar-refractivity contribution in [3.63, 3.8) is 0 Å². The van der Waals surface area contributed by atoms with Crippen LogP contribution in [0.4, 0.5) is 0 Å². The molecule has 1 amide bonds. The highest BCUT2D eigenvalue weighted by Crippen LogP contribution is 2.20. The number of likely N-dealkylation sites (tertiary alicyclic amines) is 2. The fourth-order valence-corrected chi connectivity index (χ4v) is 2.91. The number of nitrogens with zero attached hydrogens (tertiary/aromatic N) is 2. The quantitative estimate of drug-likeness (QED) is 0.853. The van der Waals surface area contributed by atoms with Gasteiger partial charge in [0.1, 0.15) is 0 Å². The summed E-state index contributed by atoms with van der Waals surface area (Å²) in [6.07, 6.45) is 6.30. The number of halogens is 2. The van der Waals surface area contributed by atoms with Crippen molar-refractivity contribution < 1.29 is 4.79 Å². The second-order valence-electron chi connectivity index (χ2n) is 4.95. The monoisotopic (exact) mass is 297 g/mol. The fourth-order valence-electron chi connectivity index (χ4n) is 2.91. The van der Waals surface area contributed by atoms with E-state index in [1.165, 1.54) is 32.4 Å². The Morgan fingerprint density at radius 2 is 1.72 bits per heavy atom. The van der Waals surface area contributed by atoms with Gasteiger partial charge in [-0.15, -0.1) is 24.8 Å². The van der Waals surface area contributed by atoms with Gasteiger partial charge in [0.25, 0.3) is 0 Å². The molecule has 18 heavy (non-hydrogen) atoms. The first-order valence-corrected chi connectivity index (χ1v) is 6.53. The Labute approximate surface area is 122 Å². The Bertz CT molecular complexity index is 247. The maximum atomic E-state index is 11.6. The van der Waals surface area contributed by atoms with Crippen LogP contribution in [0, 0.1) is 0 Å². The van der Waals surface area contributed by atoms with Gasteiger partial charge in [0, 0.05) is 19.1 Å². The van der Waals surface area contributed by atoms with Crippen molar-refractivity contribution in [2.45, 2.75) is 38.1 Å². The topological polar surface area (TPSA) is 49.6 Å². The first kappa shape index (κ1) is 18.0. The van der Waals surface area contributed by atoms with E-state index in [4.69, 9.17) is 5.73 Å². The van der Waals surface area contributed by atoms with Crippen LogP contribution in [0.3, 0.4) is 0 Å². The van der Waals surface area contributed by atoms with Crippen LogP contribution in [0.15, 0.2) is 0 Å². The molecule has 4 nitrogen and oxygen atoms in total. The van der Waals surface area contributed by atoms with Crippen LogP contribution in [-0.2, 0) is 4.79 Å². The van der Waals surface area contributed by atoms with E-state index in [2.05, 4.69) is 4.90 Å². The fraction of sp³-hybridized carbons (Fsp3) is 0.917. The summed E-state index contributed by atoms with van der Waals surface area (Å²) in [7, 11) is 0. The van der Waals surface area contributed by atoms with Crippen molar-refractivity contribution in [1.29, 1.82) is 0 Å². The Morgan fingerprint density at radius 1 is 1.06 bits per heavy atom. The molecule has 0 aromatic heterocycles. The normalized spacial score (nSPS) is 24.3. The van der Waals surface area contributed by atoms with Crippen LogP contribution in [0.2, 0.25) is 0 Å². The lowest BCUT2D eigenvalue weighted by Gasteiger charge is -2.32. The smallest absolute Gasteiger partial charge is 0.236 e. The largest absolute Gasteiger partial charge is 0.337 e. The molecule has 2 aliphatic heterocycles. The van der Waals surface area contributed by atoms with Gasteiger partial charge in [0.15, 0.2) is 0 Å². The van der Waals surface area contributed by atoms with Gasteiger partial charge in [-0.05, 0) is 38.8 Å². The molecular weight excluding hydrogens is 273 g/mol. The summed E-state index contributed by atoms with van der Waals surface area (Å²) < 4.78 is 0. The van der Waals surface area contributed by atoms with Gasteiger partial charge in [-0.3, -0.25) is 4.79 Å². The zero-order valence-electron chi connectivity index (χ0n) is 10.8. The number of rotatable bonds is 3. The minimum absolute atomic E-state index is 0. The van der Waals surface area contributed by atoms with Crippen molar-refractivity contribution in [3.8, 4) is 0 Å². The molecule has 2 fully saturated rings. The van der Waals surface area contributed by atoms with Crippen molar-refractivity contribution in [3.05, 3.63) is 0 Å². The minimum atomic E-state index is 0. The van der Waals surface area contributed by atoms with E-state index < -0.39 is 0 Å². The Morgan fingerprint density at radius 3 is 2.33 bits per heavy atom. The highest BCUT2D eigenvalue weighted by Gasteiger charge is 2.29. The molecule has 6 heteroatoms. The van der Waals surface area contributed by atoms with E-state index in [0.29, 0.717) is 6.04 Å². The minimum Gasteiger partial charge on any atom is -0.337 e. The molecular formula is C12H25Cl2N3O. The van der Waals surface area contributed by atoms with E-state index in [0.717, 1.165) is 25.9 Å². The van der Waals surface area contributed by atoms with Crippen molar-refractivity contribution in [1.82, 2.24) is 9.80 Å². The van der Waals surface area contributed by atoms with Gasteiger partial charge in [0.05, 0.1) is 6.54 Å². The average Bonchev–Trinajstić information content (AvgIpc) is 2.77. The molecule has 1 unspecified atom stereocenters. The van der Waals surface area contributed by atoms with Gasteiger partial charge < -0.3 is 15.5 Å². The average molecular weight is 298 g/mol. The summed E-state index contributed by atoms with van der Waals surface area (Å²) in [5.74, 6) is 0.125. The summed E-state index contributed by atoms with van der Waals surface area (Å²) in [6.45, 7) is 4.55. The van der Waals surface area contributed by atoms with Crippen molar-refractivity contribution in [2.24, 2.45) is 5.73 Å². The summed E-state index contributed by atoms with van der Waals surface area (Å²) in [5, 5.41) is 0. The van der Waals surface area contributed by atoms with E-state index in [9.17, 15) is 4.79 Å². The third-order valence-electron chi connectivity index (χ3n) is 3.79. The highest BCUT2D eigenvalue weighted by atomic mass is 35.5. The first-order valence-electron chi connectivity index (χ1n) is 6.53. The molecule has 2 heterocycles. The molecule has 2 saturated heterocycles. The standard InChI is InChI=1S/C12H23N3O.2ClH/c13-9-12(16)15-8-4-5-11(15)10-14-6-2-1-3-7-14;;/h11H,1-10,13H2;2*1H. The zero-order chi connectivity index (χ0) is 11.4. The van der Waals surface area contributed by atoms with Crippen LogP contribution in [0.5, 0.6) is 0 Å². The lowest BCUT2D eigenvalue weighted by molar-refractivity contribution is -0.130. The van der Waals surface area contributed by atoms with Crippen molar-refractivity contribution in [2.75, 3.05) is 32.7 Å². The number of piperidine rings is 1. The van der Waals surface area contributed by atoms with Gasteiger partial charge in [-0.1, -0.05) is 6.42 Å². The van der Waals surface area contributed by atoms with Crippen LogP contribution in [0.25, 0.3) is 0 Å². The number of hydrogen-bond donors (Lipinski definition) is 1. The van der Waals surface area contributed by atoms with Gasteiger partial charge in [-0.2, -0.15) is 0 Å². The number of carbonyl (C=O) groups excluding carboxylic acids is 1. The molecule has 0 aromatic carbocycles. The third kappa shape index (κ3) is 4.57. The van der Waals surface area contributed by atoms with Crippen LogP contribution >= 0.6 is 24.8 Å². The molecule has 0 aromatic rings. The third-order valence-corrected chi connectivity index (χ3v) is 3.79. The molecule has 2 N–H and O–H groups in total. The molecule has 0 saturated carbocycles. The Hall–Kier alpha value is -0.0300. The Balaban J connectivity index is 0.00000144. The van der Waals surface area contributed by atoms with Gasteiger partial charge in [0.2, 0.25) is 5.91 Å². The maximum absolute atomic E-state index is 11.6. The molecule has 0 bridgehead atoms. The number of hydrogen-bond acceptors (Lipinski definition) is 3. The molecule has 0 spiro atoms. The zero-order valence-corrected chi connectivity index (χ0v) is 12.5. The van der Waals surface area contributed by atoms with E-state index >= 15 is 0 Å². The lowest BCUT2D eigenvalue weighted by Crippen LogP contribution is -2.46. The van der Waals surface area contributed by atoms with E-state index in [-0.39, 0.29) is 37.3 Å². The first-order chi connectivity index (χ1) is 7.81. The maximum Gasteiger partial charge on any atom is 0.236 e. The van der Waals surface area contributed by atoms with Crippen LogP contribution in [0.1, 0.15) is 32.1 Å². The number of carbonyl (C=O) groups is 1. The molecule has 2 rings (SSSR count). The molecule has 108 valence electrons. The Kier molecular flexibility index (Phi) is 8.95. The van der Waals surface area contributed by atoms with Crippen LogP contribution in [-0.4, -0.2) is 54.5 Å². The predicted molar refractivity (Wildman–Crippen MR) is 78.6 cm³/mol. The van der Waals surface area contributed by atoms with Gasteiger partial charge in [-0.25, -0.2) is 0 Å². The number of amides is 1. The molecule has 1 atom stereocenters. The molecule has 0 radical (unpaired) electrons. The van der Waals surface area contributed by atoms with Crippen molar-refractivity contribution >= 4 is 30.7 Å². The second kappa shape index (κ2) is 8.97. The summed E-state index contributed by atoms with van der Waals surface area (Å²) in [6, 6.07) is 0.425. The molecule has 0 aliphatic carbocycles. The summed E-state index contributed by atoms with van der Waals surface area (Å²) >= 11 is 0. The predicted octanol–water partition coefficient (Wildman–Crippen LogP) is 1.27. The van der Waals surface area contributed by atoms with E-state index in [1.54, 1.807) is 0 Å². The number of nitrogens with two attached hydrogens (primary N) is 1. The van der Waals surface area contributed by atoms with Gasteiger partial charge >= 0.3 is 0 Å². The molecule has 2 aliphatic rings. The highest BCUT2D eigenvalue weighted by molar-refractivity contribution is 5.85.